The molecule has 1 aliphatic rings. The summed E-state index contributed by atoms with van der Waals surface area (Å²) in [6.45, 7) is 2.90. The second-order valence-corrected chi connectivity index (χ2v) is 5.49. The second kappa shape index (κ2) is 7.17. The average molecular weight is 290 g/mol. The van der Waals surface area contributed by atoms with E-state index < -0.39 is 0 Å². The van der Waals surface area contributed by atoms with E-state index in [1.165, 1.54) is 6.20 Å². The lowest BCUT2D eigenvalue weighted by atomic mass is 10.2. The lowest BCUT2D eigenvalue weighted by Gasteiger charge is -2.15. The zero-order chi connectivity index (χ0) is 15.2. The van der Waals surface area contributed by atoms with Gasteiger partial charge >= 0.3 is 0 Å². The van der Waals surface area contributed by atoms with Gasteiger partial charge in [0.25, 0.3) is 11.8 Å². The lowest BCUT2D eigenvalue weighted by molar-refractivity contribution is 0.0787. The Morgan fingerprint density at radius 3 is 2.71 bits per heavy atom. The summed E-state index contributed by atoms with van der Waals surface area (Å²) >= 11 is 0. The number of rotatable bonds is 5. The molecule has 6 heteroatoms. The number of nitrogens with zero attached hydrogens (tertiary/aromatic N) is 3. The molecule has 2 amide bonds. The van der Waals surface area contributed by atoms with E-state index in [1.807, 2.05) is 19.0 Å². The summed E-state index contributed by atoms with van der Waals surface area (Å²) in [6.07, 6.45) is 3.59. The van der Waals surface area contributed by atoms with Crippen molar-refractivity contribution in [2.24, 2.45) is 0 Å². The minimum Gasteiger partial charge on any atom is -0.351 e. The van der Waals surface area contributed by atoms with Gasteiger partial charge in [0.05, 0.1) is 0 Å². The highest BCUT2D eigenvalue weighted by molar-refractivity contribution is 5.98. The molecule has 6 nitrogen and oxygen atoms in total. The number of likely N-dealkylation sites (N-methyl/N-ethyl adjacent to an activating group) is 1. The Labute approximate surface area is 125 Å². The second-order valence-electron chi connectivity index (χ2n) is 5.49. The van der Waals surface area contributed by atoms with Gasteiger partial charge in [-0.25, -0.2) is 0 Å². The van der Waals surface area contributed by atoms with Crippen molar-refractivity contribution in [1.82, 2.24) is 20.1 Å². The van der Waals surface area contributed by atoms with E-state index in [2.05, 4.69) is 10.3 Å². The number of carbonyl (C=O) groups excluding carboxylic acids is 2. The van der Waals surface area contributed by atoms with Crippen LogP contribution in [0.5, 0.6) is 0 Å². The molecule has 1 aromatic heterocycles. The van der Waals surface area contributed by atoms with E-state index in [0.717, 1.165) is 32.5 Å². The zero-order valence-electron chi connectivity index (χ0n) is 12.6. The standard InChI is InChI=1S/C15H22N4O2/c1-18(2)10-7-17-14(20)12-5-6-16-13(11-12)15(21)19-8-3-4-9-19/h5-6,11H,3-4,7-10H2,1-2H3,(H,17,20). The first-order valence-electron chi connectivity index (χ1n) is 7.26. The molecule has 0 aromatic carbocycles. The summed E-state index contributed by atoms with van der Waals surface area (Å²) in [7, 11) is 3.90. The molecule has 1 saturated heterocycles. The highest BCUT2D eigenvalue weighted by Gasteiger charge is 2.21. The Balaban J connectivity index is 1.99. The van der Waals surface area contributed by atoms with Gasteiger partial charge < -0.3 is 15.1 Å². The average Bonchev–Trinajstić information content (AvgIpc) is 3.00. The molecule has 114 valence electrons. The fourth-order valence-corrected chi connectivity index (χ4v) is 2.27. The molecule has 0 aliphatic carbocycles. The van der Waals surface area contributed by atoms with Gasteiger partial charge in [-0.3, -0.25) is 14.6 Å². The fraction of sp³-hybridized carbons (Fsp3) is 0.533. The van der Waals surface area contributed by atoms with Gasteiger partial charge in [-0.1, -0.05) is 0 Å². The minimum atomic E-state index is -0.172. The number of pyridine rings is 1. The van der Waals surface area contributed by atoms with E-state index >= 15 is 0 Å². The first-order valence-corrected chi connectivity index (χ1v) is 7.26. The van der Waals surface area contributed by atoms with Crippen LogP contribution in [-0.2, 0) is 0 Å². The van der Waals surface area contributed by atoms with Crippen LogP contribution < -0.4 is 5.32 Å². The van der Waals surface area contributed by atoms with E-state index in [0.29, 0.717) is 17.8 Å². The van der Waals surface area contributed by atoms with Crippen LogP contribution in [0.25, 0.3) is 0 Å². The van der Waals surface area contributed by atoms with Crippen LogP contribution >= 0.6 is 0 Å². The van der Waals surface area contributed by atoms with Crippen LogP contribution in [0.4, 0.5) is 0 Å². The number of amides is 2. The maximum absolute atomic E-state index is 12.3. The van der Waals surface area contributed by atoms with Gasteiger partial charge in [-0.2, -0.15) is 0 Å². The number of likely N-dealkylation sites (tertiary alicyclic amines) is 1. The summed E-state index contributed by atoms with van der Waals surface area (Å²) in [5.74, 6) is -0.259. The van der Waals surface area contributed by atoms with Crippen molar-refractivity contribution in [3.05, 3.63) is 29.6 Å². The van der Waals surface area contributed by atoms with Gasteiger partial charge in [0.2, 0.25) is 0 Å². The largest absolute Gasteiger partial charge is 0.351 e. The van der Waals surface area contributed by atoms with Gasteiger partial charge in [0.1, 0.15) is 5.69 Å². The fourth-order valence-electron chi connectivity index (χ4n) is 2.27. The monoisotopic (exact) mass is 290 g/mol. The Hall–Kier alpha value is -1.95. The number of hydrogen-bond acceptors (Lipinski definition) is 4. The van der Waals surface area contributed by atoms with Crippen LogP contribution in [0.3, 0.4) is 0 Å². The molecule has 0 bridgehead atoms. The van der Waals surface area contributed by atoms with Crippen LogP contribution in [0.1, 0.15) is 33.7 Å². The molecule has 0 saturated carbocycles. The van der Waals surface area contributed by atoms with E-state index in [1.54, 1.807) is 17.0 Å². The normalized spacial score (nSPS) is 14.5. The van der Waals surface area contributed by atoms with Crippen molar-refractivity contribution >= 4 is 11.8 Å². The Kier molecular flexibility index (Phi) is 5.27. The number of nitrogens with one attached hydrogen (secondary N) is 1. The van der Waals surface area contributed by atoms with E-state index in [-0.39, 0.29) is 11.8 Å². The quantitative estimate of drug-likeness (QED) is 0.863. The van der Waals surface area contributed by atoms with Gasteiger partial charge in [-0.15, -0.1) is 0 Å². The van der Waals surface area contributed by atoms with Crippen LogP contribution in [-0.4, -0.2) is 66.9 Å². The first-order chi connectivity index (χ1) is 10.1. The molecule has 0 radical (unpaired) electrons. The summed E-state index contributed by atoms with van der Waals surface area (Å²) in [5, 5.41) is 2.83. The van der Waals surface area contributed by atoms with Gasteiger partial charge in [0, 0.05) is 37.9 Å². The molecule has 1 aliphatic heterocycles. The third-order valence-corrected chi connectivity index (χ3v) is 3.48. The predicted octanol–water partition coefficient (Wildman–Crippen LogP) is 0.609. The SMILES string of the molecule is CN(C)CCNC(=O)c1ccnc(C(=O)N2CCCC2)c1. The van der Waals surface area contributed by atoms with Crippen molar-refractivity contribution in [2.75, 3.05) is 40.3 Å². The molecule has 0 atom stereocenters. The van der Waals surface area contributed by atoms with Crippen LogP contribution in [0.2, 0.25) is 0 Å². The lowest BCUT2D eigenvalue weighted by Crippen LogP contribution is -2.32. The Bertz CT molecular complexity index is 510. The topological polar surface area (TPSA) is 65.5 Å². The number of carbonyl (C=O) groups is 2. The third-order valence-electron chi connectivity index (χ3n) is 3.48. The molecule has 21 heavy (non-hydrogen) atoms. The first kappa shape index (κ1) is 15.4. The highest BCUT2D eigenvalue weighted by atomic mass is 16.2. The molecule has 0 spiro atoms. The molecule has 2 rings (SSSR count). The smallest absolute Gasteiger partial charge is 0.272 e. The molecule has 1 aromatic rings. The summed E-state index contributed by atoms with van der Waals surface area (Å²) in [4.78, 5) is 32.2. The van der Waals surface area contributed by atoms with Crippen molar-refractivity contribution < 1.29 is 9.59 Å². The highest BCUT2D eigenvalue weighted by Crippen LogP contribution is 2.12. The molecule has 0 unspecified atom stereocenters. The van der Waals surface area contributed by atoms with Gasteiger partial charge in [-0.05, 0) is 39.1 Å². The molecular formula is C15H22N4O2. The third kappa shape index (κ3) is 4.26. The van der Waals surface area contributed by atoms with Crippen molar-refractivity contribution in [3.63, 3.8) is 0 Å². The van der Waals surface area contributed by atoms with Gasteiger partial charge in [0.15, 0.2) is 0 Å². The summed E-state index contributed by atoms with van der Waals surface area (Å²) in [6, 6.07) is 3.21. The summed E-state index contributed by atoms with van der Waals surface area (Å²) < 4.78 is 0. The Morgan fingerprint density at radius 2 is 2.05 bits per heavy atom. The van der Waals surface area contributed by atoms with E-state index in [9.17, 15) is 9.59 Å². The van der Waals surface area contributed by atoms with E-state index in [4.69, 9.17) is 0 Å². The number of hydrogen-bond donors (Lipinski definition) is 1. The molecule has 2 heterocycles. The summed E-state index contributed by atoms with van der Waals surface area (Å²) in [5.41, 5.74) is 0.823. The maximum Gasteiger partial charge on any atom is 0.272 e. The molecular weight excluding hydrogens is 268 g/mol. The van der Waals surface area contributed by atoms with Crippen molar-refractivity contribution in [3.8, 4) is 0 Å². The van der Waals surface area contributed by atoms with Crippen molar-refractivity contribution in [2.45, 2.75) is 12.8 Å². The zero-order valence-corrected chi connectivity index (χ0v) is 12.6. The van der Waals surface area contributed by atoms with Crippen LogP contribution in [0.15, 0.2) is 18.3 Å². The molecule has 1 N–H and O–H groups in total. The maximum atomic E-state index is 12.3. The molecule has 1 fully saturated rings. The Morgan fingerprint density at radius 1 is 1.33 bits per heavy atom. The van der Waals surface area contributed by atoms with Crippen LogP contribution in [0, 0.1) is 0 Å². The minimum absolute atomic E-state index is 0.0876. The predicted molar refractivity (Wildman–Crippen MR) is 80.3 cm³/mol. The van der Waals surface area contributed by atoms with Crippen molar-refractivity contribution in [1.29, 1.82) is 0 Å². The number of aromatic nitrogens is 1.